The number of amides is 1. The SMILES string of the molecule is CON(C)C(=O)c1csc(-c2ccccc2O)n1. The third-order valence-electron chi connectivity index (χ3n) is 2.42. The number of hydroxylamine groups is 2. The highest BCUT2D eigenvalue weighted by atomic mass is 32.1. The average molecular weight is 264 g/mol. The van der Waals surface area contributed by atoms with Crippen molar-refractivity contribution in [3.63, 3.8) is 0 Å². The van der Waals surface area contributed by atoms with Gasteiger partial charge in [0.25, 0.3) is 5.91 Å². The van der Waals surface area contributed by atoms with Crippen molar-refractivity contribution in [2.24, 2.45) is 0 Å². The number of hydrogen-bond donors (Lipinski definition) is 1. The number of carbonyl (C=O) groups is 1. The average Bonchev–Trinajstić information content (AvgIpc) is 2.87. The fraction of sp³-hybridized carbons (Fsp3) is 0.167. The molecule has 0 spiro atoms. The van der Waals surface area contributed by atoms with Crippen LogP contribution < -0.4 is 0 Å². The summed E-state index contributed by atoms with van der Waals surface area (Å²) in [7, 11) is 2.93. The summed E-state index contributed by atoms with van der Waals surface area (Å²) in [6, 6.07) is 6.87. The van der Waals surface area contributed by atoms with E-state index in [4.69, 9.17) is 4.84 Å². The van der Waals surface area contributed by atoms with Crippen LogP contribution in [0.5, 0.6) is 5.75 Å². The summed E-state index contributed by atoms with van der Waals surface area (Å²) in [6.45, 7) is 0. The lowest BCUT2D eigenvalue weighted by Gasteiger charge is -2.11. The van der Waals surface area contributed by atoms with Gasteiger partial charge in [0.1, 0.15) is 16.5 Å². The van der Waals surface area contributed by atoms with Gasteiger partial charge in [-0.15, -0.1) is 11.3 Å². The van der Waals surface area contributed by atoms with Crippen LogP contribution in [0, 0.1) is 0 Å². The number of para-hydroxylation sites is 1. The number of rotatable bonds is 3. The smallest absolute Gasteiger partial charge is 0.296 e. The van der Waals surface area contributed by atoms with E-state index < -0.39 is 0 Å². The van der Waals surface area contributed by atoms with Gasteiger partial charge in [0.2, 0.25) is 0 Å². The predicted molar refractivity (Wildman–Crippen MR) is 68.3 cm³/mol. The van der Waals surface area contributed by atoms with Crippen LogP contribution in [0.15, 0.2) is 29.6 Å². The van der Waals surface area contributed by atoms with E-state index in [2.05, 4.69) is 4.98 Å². The molecule has 0 unspecified atom stereocenters. The molecule has 0 aliphatic rings. The quantitative estimate of drug-likeness (QED) is 0.863. The number of aromatic hydroxyl groups is 1. The van der Waals surface area contributed by atoms with E-state index in [9.17, 15) is 9.90 Å². The summed E-state index contributed by atoms with van der Waals surface area (Å²) in [5, 5.41) is 13.1. The summed E-state index contributed by atoms with van der Waals surface area (Å²) in [6.07, 6.45) is 0. The highest BCUT2D eigenvalue weighted by Gasteiger charge is 2.16. The molecule has 1 heterocycles. The molecule has 1 aromatic carbocycles. The number of carbonyl (C=O) groups excluding carboxylic acids is 1. The lowest BCUT2D eigenvalue weighted by molar-refractivity contribution is -0.0760. The summed E-state index contributed by atoms with van der Waals surface area (Å²) in [5.41, 5.74) is 0.907. The van der Waals surface area contributed by atoms with Gasteiger partial charge in [0.15, 0.2) is 0 Å². The van der Waals surface area contributed by atoms with E-state index in [0.717, 1.165) is 5.06 Å². The summed E-state index contributed by atoms with van der Waals surface area (Å²) in [5.74, 6) is -0.179. The fourth-order valence-electron chi connectivity index (χ4n) is 1.39. The highest BCUT2D eigenvalue weighted by molar-refractivity contribution is 7.13. The van der Waals surface area contributed by atoms with Crippen LogP contribution >= 0.6 is 11.3 Å². The van der Waals surface area contributed by atoms with Crippen molar-refractivity contribution < 1.29 is 14.7 Å². The Bertz CT molecular complexity index is 568. The first-order valence-electron chi connectivity index (χ1n) is 5.19. The van der Waals surface area contributed by atoms with Gasteiger partial charge in [-0.05, 0) is 12.1 Å². The summed E-state index contributed by atoms with van der Waals surface area (Å²) in [4.78, 5) is 20.8. The molecule has 1 aromatic heterocycles. The zero-order valence-electron chi connectivity index (χ0n) is 9.95. The van der Waals surface area contributed by atoms with Gasteiger partial charge in [-0.25, -0.2) is 10.0 Å². The Labute approximate surface area is 108 Å². The fourth-order valence-corrected chi connectivity index (χ4v) is 2.22. The van der Waals surface area contributed by atoms with Crippen molar-refractivity contribution in [2.75, 3.05) is 14.2 Å². The van der Waals surface area contributed by atoms with Crippen LogP contribution in [0.25, 0.3) is 10.6 Å². The normalized spacial score (nSPS) is 10.3. The van der Waals surface area contributed by atoms with Crippen LogP contribution in [0.4, 0.5) is 0 Å². The molecule has 1 N–H and O–H groups in total. The van der Waals surface area contributed by atoms with E-state index in [1.807, 2.05) is 0 Å². The minimum atomic E-state index is -0.324. The largest absolute Gasteiger partial charge is 0.507 e. The van der Waals surface area contributed by atoms with Gasteiger partial charge in [-0.1, -0.05) is 12.1 Å². The van der Waals surface area contributed by atoms with Crippen LogP contribution in [-0.4, -0.2) is 35.2 Å². The molecule has 0 saturated carbocycles. The molecule has 0 aliphatic carbocycles. The van der Waals surface area contributed by atoms with E-state index in [1.165, 1.54) is 25.5 Å². The van der Waals surface area contributed by atoms with E-state index >= 15 is 0 Å². The zero-order valence-corrected chi connectivity index (χ0v) is 10.8. The van der Waals surface area contributed by atoms with Gasteiger partial charge < -0.3 is 5.11 Å². The van der Waals surface area contributed by atoms with Gasteiger partial charge >= 0.3 is 0 Å². The number of phenols is 1. The Morgan fingerprint density at radius 3 is 2.83 bits per heavy atom. The Morgan fingerprint density at radius 2 is 2.17 bits per heavy atom. The monoisotopic (exact) mass is 264 g/mol. The van der Waals surface area contributed by atoms with Crippen LogP contribution in [0.2, 0.25) is 0 Å². The van der Waals surface area contributed by atoms with Gasteiger partial charge in [-0.2, -0.15) is 0 Å². The van der Waals surface area contributed by atoms with Crippen LogP contribution in [-0.2, 0) is 4.84 Å². The second-order valence-corrected chi connectivity index (χ2v) is 4.40. The number of hydrogen-bond acceptors (Lipinski definition) is 5. The van der Waals surface area contributed by atoms with Crippen molar-refractivity contribution in [3.8, 4) is 16.3 Å². The first-order chi connectivity index (χ1) is 8.63. The molecule has 5 nitrogen and oxygen atoms in total. The third-order valence-corrected chi connectivity index (χ3v) is 3.29. The third kappa shape index (κ3) is 2.34. The van der Waals surface area contributed by atoms with E-state index in [0.29, 0.717) is 16.3 Å². The second-order valence-electron chi connectivity index (χ2n) is 3.54. The van der Waals surface area contributed by atoms with E-state index in [-0.39, 0.29) is 11.7 Å². The molecule has 18 heavy (non-hydrogen) atoms. The summed E-state index contributed by atoms with van der Waals surface area (Å²) < 4.78 is 0. The first-order valence-corrected chi connectivity index (χ1v) is 6.07. The number of aromatic nitrogens is 1. The molecule has 1 amide bonds. The molecular weight excluding hydrogens is 252 g/mol. The highest BCUT2D eigenvalue weighted by Crippen LogP contribution is 2.31. The van der Waals surface area contributed by atoms with Gasteiger partial charge in [-0.3, -0.25) is 9.63 Å². The van der Waals surface area contributed by atoms with Crippen molar-refractivity contribution in [2.45, 2.75) is 0 Å². The minimum Gasteiger partial charge on any atom is -0.507 e. The molecule has 0 atom stereocenters. The van der Waals surface area contributed by atoms with Gasteiger partial charge in [0.05, 0.1) is 12.7 Å². The molecule has 0 radical (unpaired) electrons. The first kappa shape index (κ1) is 12.5. The second kappa shape index (κ2) is 5.16. The molecule has 6 heteroatoms. The Morgan fingerprint density at radius 1 is 1.44 bits per heavy atom. The Balaban J connectivity index is 2.32. The minimum absolute atomic E-state index is 0.144. The lowest BCUT2D eigenvalue weighted by atomic mass is 10.2. The lowest BCUT2D eigenvalue weighted by Crippen LogP contribution is -2.25. The molecule has 0 saturated heterocycles. The van der Waals surface area contributed by atoms with Crippen molar-refractivity contribution in [3.05, 3.63) is 35.3 Å². The maximum atomic E-state index is 11.8. The number of benzene rings is 1. The number of thiazole rings is 1. The van der Waals surface area contributed by atoms with Crippen molar-refractivity contribution in [1.82, 2.24) is 10.0 Å². The Hall–Kier alpha value is -1.92. The zero-order chi connectivity index (χ0) is 13.1. The molecule has 0 aliphatic heterocycles. The van der Waals surface area contributed by atoms with Crippen molar-refractivity contribution in [1.29, 1.82) is 0 Å². The molecular formula is C12H12N2O3S. The van der Waals surface area contributed by atoms with Crippen LogP contribution in [0.1, 0.15) is 10.5 Å². The molecule has 0 bridgehead atoms. The molecule has 94 valence electrons. The molecule has 2 aromatic rings. The van der Waals surface area contributed by atoms with Crippen LogP contribution in [0.3, 0.4) is 0 Å². The summed E-state index contributed by atoms with van der Waals surface area (Å²) >= 11 is 1.30. The topological polar surface area (TPSA) is 62.7 Å². The molecule has 0 fully saturated rings. The van der Waals surface area contributed by atoms with E-state index in [1.54, 1.807) is 29.6 Å². The maximum absolute atomic E-state index is 11.8. The standard InChI is InChI=1S/C12H12N2O3S/c1-14(17-2)12(16)9-7-18-11(13-9)8-5-3-4-6-10(8)15/h3-7,15H,1-2H3. The predicted octanol–water partition coefficient (Wildman–Crippen LogP) is 2.15. The number of nitrogens with zero attached hydrogens (tertiary/aromatic N) is 2. The van der Waals surface area contributed by atoms with Gasteiger partial charge in [0, 0.05) is 12.4 Å². The number of phenolic OH excluding ortho intramolecular Hbond substituents is 1. The Kier molecular flexibility index (Phi) is 3.59. The maximum Gasteiger partial charge on any atom is 0.296 e. The van der Waals surface area contributed by atoms with Crippen molar-refractivity contribution >= 4 is 17.2 Å². The molecule has 2 rings (SSSR count).